The highest BCUT2D eigenvalue weighted by Gasteiger charge is 2.22. The highest BCUT2D eigenvalue weighted by molar-refractivity contribution is 7.89. The van der Waals surface area contributed by atoms with Gasteiger partial charge in [-0.25, -0.2) is 8.42 Å². The summed E-state index contributed by atoms with van der Waals surface area (Å²) in [6, 6.07) is 18.0. The van der Waals surface area contributed by atoms with Gasteiger partial charge in [0.05, 0.1) is 11.4 Å². The largest absolute Gasteiger partial charge is 0.244 e. The fraction of sp³-hybridized carbons (Fsp3) is 0.158. The zero-order valence-electron chi connectivity index (χ0n) is 13.0. The monoisotopic (exact) mass is 325 g/mol. The summed E-state index contributed by atoms with van der Waals surface area (Å²) in [6.45, 7) is 2.32. The Labute approximate surface area is 138 Å². The topological polar surface area (TPSA) is 37.4 Å². The first-order chi connectivity index (χ1) is 11.1. The van der Waals surface area contributed by atoms with E-state index in [1.165, 1.54) is 4.31 Å². The van der Waals surface area contributed by atoms with Crippen LogP contribution in [0.25, 0.3) is 0 Å². The Hall–Kier alpha value is -2.35. The lowest BCUT2D eigenvalue weighted by Crippen LogP contribution is -2.31. The number of hydrogen-bond acceptors (Lipinski definition) is 2. The van der Waals surface area contributed by atoms with Crippen molar-refractivity contribution in [2.24, 2.45) is 0 Å². The minimum atomic E-state index is -3.55. The third kappa shape index (κ3) is 4.82. The molecule has 0 atom stereocenters. The van der Waals surface area contributed by atoms with Crippen LogP contribution in [-0.2, 0) is 10.0 Å². The van der Waals surface area contributed by atoms with Crippen LogP contribution in [0.5, 0.6) is 0 Å². The van der Waals surface area contributed by atoms with Crippen LogP contribution in [0.4, 0.5) is 0 Å². The van der Waals surface area contributed by atoms with Gasteiger partial charge in [0.2, 0.25) is 10.0 Å². The highest BCUT2D eigenvalue weighted by atomic mass is 32.2. The quantitative estimate of drug-likeness (QED) is 0.625. The van der Waals surface area contributed by atoms with E-state index in [9.17, 15) is 8.42 Å². The molecule has 3 nitrogen and oxygen atoms in total. The van der Waals surface area contributed by atoms with Gasteiger partial charge in [-0.05, 0) is 31.2 Å². The van der Waals surface area contributed by atoms with E-state index in [0.717, 1.165) is 5.56 Å². The van der Waals surface area contributed by atoms with E-state index in [0.29, 0.717) is 6.54 Å². The van der Waals surface area contributed by atoms with Crippen molar-refractivity contribution in [3.8, 4) is 11.8 Å². The second-order valence-electron chi connectivity index (χ2n) is 4.85. The van der Waals surface area contributed by atoms with Crippen molar-refractivity contribution in [1.29, 1.82) is 0 Å². The van der Waals surface area contributed by atoms with Crippen molar-refractivity contribution in [1.82, 2.24) is 4.31 Å². The Kier molecular flexibility index (Phi) is 6.16. The van der Waals surface area contributed by atoms with Crippen LogP contribution in [0, 0.1) is 11.8 Å². The van der Waals surface area contributed by atoms with Gasteiger partial charge in [-0.3, -0.25) is 0 Å². The summed E-state index contributed by atoms with van der Waals surface area (Å²) < 4.78 is 26.8. The Balaban J connectivity index is 2.22. The van der Waals surface area contributed by atoms with Crippen LogP contribution >= 0.6 is 0 Å². The number of allylic oxidation sites excluding steroid dienone is 1. The van der Waals surface area contributed by atoms with E-state index in [1.807, 2.05) is 49.4 Å². The van der Waals surface area contributed by atoms with Crippen molar-refractivity contribution in [2.45, 2.75) is 11.8 Å². The van der Waals surface area contributed by atoms with Crippen molar-refractivity contribution in [3.63, 3.8) is 0 Å². The van der Waals surface area contributed by atoms with Gasteiger partial charge in [0.25, 0.3) is 0 Å². The lowest BCUT2D eigenvalue weighted by Gasteiger charge is -2.18. The summed E-state index contributed by atoms with van der Waals surface area (Å²) in [5, 5.41) is 0. The summed E-state index contributed by atoms with van der Waals surface area (Å²) in [5.74, 6) is 5.94. The summed E-state index contributed by atoms with van der Waals surface area (Å²) in [7, 11) is -3.55. The molecular formula is C19H19NO2S. The molecule has 0 aromatic heterocycles. The summed E-state index contributed by atoms with van der Waals surface area (Å²) >= 11 is 0. The number of sulfonamides is 1. The zero-order chi connectivity index (χ0) is 16.5. The van der Waals surface area contributed by atoms with Crippen LogP contribution in [-0.4, -0.2) is 25.8 Å². The Morgan fingerprint density at radius 2 is 1.61 bits per heavy atom. The fourth-order valence-corrected chi connectivity index (χ4v) is 3.28. The van der Waals surface area contributed by atoms with Gasteiger partial charge in [0.15, 0.2) is 0 Å². The van der Waals surface area contributed by atoms with E-state index in [1.54, 1.807) is 30.3 Å². The Bertz CT molecular complexity index is 801. The second-order valence-corrected chi connectivity index (χ2v) is 6.79. The van der Waals surface area contributed by atoms with Gasteiger partial charge in [-0.15, -0.1) is 0 Å². The number of nitrogens with zero attached hydrogens (tertiary/aromatic N) is 1. The molecule has 23 heavy (non-hydrogen) atoms. The molecule has 0 N–H and O–H groups in total. The van der Waals surface area contributed by atoms with Crippen LogP contribution in [0.3, 0.4) is 0 Å². The third-order valence-corrected chi connectivity index (χ3v) is 5.01. The van der Waals surface area contributed by atoms with E-state index in [-0.39, 0.29) is 11.4 Å². The van der Waals surface area contributed by atoms with Gasteiger partial charge in [0.1, 0.15) is 0 Å². The number of hydrogen-bond donors (Lipinski definition) is 0. The molecule has 0 unspecified atom stereocenters. The van der Waals surface area contributed by atoms with Crippen LogP contribution in [0.15, 0.2) is 77.7 Å². The molecule has 118 valence electrons. The second kappa shape index (κ2) is 8.33. The predicted octanol–water partition coefficient (Wildman–Crippen LogP) is 3.31. The molecule has 0 bridgehead atoms. The molecule has 0 saturated heterocycles. The molecule has 2 aromatic rings. The lowest BCUT2D eigenvalue weighted by molar-refractivity contribution is 0.478. The van der Waals surface area contributed by atoms with Crippen molar-refractivity contribution >= 4 is 10.0 Å². The number of benzene rings is 2. The fourth-order valence-electron chi connectivity index (χ4n) is 1.96. The smallest absolute Gasteiger partial charge is 0.207 e. The van der Waals surface area contributed by atoms with E-state index in [4.69, 9.17) is 0 Å². The molecule has 0 aliphatic carbocycles. The predicted molar refractivity (Wildman–Crippen MR) is 93.3 cm³/mol. The molecule has 0 heterocycles. The maximum absolute atomic E-state index is 12.7. The maximum Gasteiger partial charge on any atom is 0.244 e. The van der Waals surface area contributed by atoms with Crippen LogP contribution in [0.2, 0.25) is 0 Å². The van der Waals surface area contributed by atoms with Gasteiger partial charge in [-0.2, -0.15) is 4.31 Å². The first kappa shape index (κ1) is 17.0. The van der Waals surface area contributed by atoms with Crippen molar-refractivity contribution < 1.29 is 8.42 Å². The Morgan fingerprint density at radius 3 is 2.22 bits per heavy atom. The summed E-state index contributed by atoms with van der Waals surface area (Å²) in [5.41, 5.74) is 0.871. The van der Waals surface area contributed by atoms with Crippen molar-refractivity contribution in [2.75, 3.05) is 13.1 Å². The minimum absolute atomic E-state index is 0.149. The molecule has 0 fully saturated rings. The molecule has 0 radical (unpaired) electrons. The van der Waals surface area contributed by atoms with E-state index < -0.39 is 10.0 Å². The van der Waals surface area contributed by atoms with Crippen molar-refractivity contribution in [3.05, 3.63) is 78.4 Å². The molecule has 0 aliphatic heterocycles. The van der Waals surface area contributed by atoms with E-state index >= 15 is 0 Å². The normalized spacial score (nSPS) is 11.4. The molecule has 4 heteroatoms. The zero-order valence-corrected chi connectivity index (χ0v) is 13.8. The molecule has 0 amide bonds. The minimum Gasteiger partial charge on any atom is -0.207 e. The average molecular weight is 325 g/mol. The molecule has 2 rings (SSSR count). The molecule has 0 aliphatic rings. The maximum atomic E-state index is 12.7. The summed E-state index contributed by atoms with van der Waals surface area (Å²) in [4.78, 5) is 0.283. The highest BCUT2D eigenvalue weighted by Crippen LogP contribution is 2.14. The van der Waals surface area contributed by atoms with E-state index in [2.05, 4.69) is 11.8 Å². The molecule has 0 saturated carbocycles. The van der Waals surface area contributed by atoms with Gasteiger partial charge in [-0.1, -0.05) is 60.4 Å². The number of rotatable bonds is 5. The molecular weight excluding hydrogens is 306 g/mol. The lowest BCUT2D eigenvalue weighted by atomic mass is 10.2. The standard InChI is InChI=1S/C19H19NO2S/c1-2-3-16-20(17-10-13-18-11-6-4-7-12-18)23(21,22)19-14-8-5-9-15-19/h2-9,11-12,14-15H,16-17H2,1H3/b3-2+. The van der Waals surface area contributed by atoms with Crippen LogP contribution in [0.1, 0.15) is 12.5 Å². The van der Waals surface area contributed by atoms with Gasteiger partial charge in [0, 0.05) is 12.1 Å². The first-order valence-corrected chi connectivity index (χ1v) is 8.79. The first-order valence-electron chi connectivity index (χ1n) is 7.35. The Morgan fingerprint density at radius 1 is 1.00 bits per heavy atom. The SMILES string of the molecule is C/C=C/CN(CC#Cc1ccccc1)S(=O)(=O)c1ccccc1. The molecule has 2 aromatic carbocycles. The van der Waals surface area contributed by atoms with Gasteiger partial charge >= 0.3 is 0 Å². The summed E-state index contributed by atoms with van der Waals surface area (Å²) in [6.07, 6.45) is 3.64. The third-order valence-electron chi connectivity index (χ3n) is 3.19. The van der Waals surface area contributed by atoms with Gasteiger partial charge < -0.3 is 0 Å². The average Bonchev–Trinajstić information content (AvgIpc) is 2.59. The van der Waals surface area contributed by atoms with Crippen LogP contribution < -0.4 is 0 Å². The molecule has 0 spiro atoms.